The summed E-state index contributed by atoms with van der Waals surface area (Å²) in [5.41, 5.74) is 4.84. The highest BCUT2D eigenvalue weighted by Crippen LogP contribution is 2.20. The van der Waals surface area contributed by atoms with Gasteiger partial charge in [-0.25, -0.2) is 13.8 Å². The summed E-state index contributed by atoms with van der Waals surface area (Å²) in [6, 6.07) is 10.6. The minimum Gasteiger partial charge on any atom is -0.329 e. The first-order valence-electron chi connectivity index (χ1n) is 6.49. The van der Waals surface area contributed by atoms with Gasteiger partial charge in [-0.3, -0.25) is 11.3 Å². The van der Waals surface area contributed by atoms with Crippen LogP contribution in [0.3, 0.4) is 0 Å². The Morgan fingerprint density at radius 2 is 1.86 bits per heavy atom. The molecule has 4 nitrogen and oxygen atoms in total. The van der Waals surface area contributed by atoms with E-state index < -0.39 is 17.7 Å². The fraction of sp³-hybridized carbons (Fsp3) is 0.133. The lowest BCUT2D eigenvalue weighted by atomic mass is 10.1. The van der Waals surface area contributed by atoms with Gasteiger partial charge in [0.15, 0.2) is 0 Å². The van der Waals surface area contributed by atoms with Crippen LogP contribution in [0.4, 0.5) is 8.78 Å². The Hall–Kier alpha value is -2.31. The zero-order valence-corrected chi connectivity index (χ0v) is 11.1. The summed E-state index contributed by atoms with van der Waals surface area (Å²) in [4.78, 5) is 4.28. The van der Waals surface area contributed by atoms with E-state index in [1.807, 2.05) is 28.8 Å². The van der Waals surface area contributed by atoms with Crippen LogP contribution in [0.5, 0.6) is 0 Å². The Bertz CT molecular complexity index is 749. The molecule has 108 valence electrons. The van der Waals surface area contributed by atoms with E-state index in [2.05, 4.69) is 10.4 Å². The molecule has 0 spiro atoms. The SMILES string of the molecule is NNC(Cn1cnc2ccccc21)c1cc(F)cc(F)c1. The third kappa shape index (κ3) is 2.76. The van der Waals surface area contributed by atoms with Gasteiger partial charge in [-0.05, 0) is 29.8 Å². The number of nitrogens with one attached hydrogen (secondary N) is 1. The quantitative estimate of drug-likeness (QED) is 0.573. The number of nitrogens with two attached hydrogens (primary N) is 1. The van der Waals surface area contributed by atoms with Crippen molar-refractivity contribution in [2.75, 3.05) is 0 Å². The molecule has 0 saturated carbocycles. The number of benzene rings is 2. The third-order valence-corrected chi connectivity index (χ3v) is 3.40. The first-order valence-corrected chi connectivity index (χ1v) is 6.49. The number of fused-ring (bicyclic) bond motifs is 1. The maximum Gasteiger partial charge on any atom is 0.126 e. The van der Waals surface area contributed by atoms with Crippen molar-refractivity contribution in [3.05, 3.63) is 66.0 Å². The summed E-state index contributed by atoms with van der Waals surface area (Å²) in [6.07, 6.45) is 1.69. The molecule has 0 aliphatic rings. The summed E-state index contributed by atoms with van der Waals surface area (Å²) in [7, 11) is 0. The van der Waals surface area contributed by atoms with Gasteiger partial charge in [0.05, 0.1) is 23.4 Å². The van der Waals surface area contributed by atoms with Crippen LogP contribution in [-0.4, -0.2) is 9.55 Å². The fourth-order valence-electron chi connectivity index (χ4n) is 2.38. The van der Waals surface area contributed by atoms with Crippen molar-refractivity contribution in [3.8, 4) is 0 Å². The zero-order valence-electron chi connectivity index (χ0n) is 11.1. The van der Waals surface area contributed by atoms with E-state index in [9.17, 15) is 8.78 Å². The molecule has 1 heterocycles. The molecular formula is C15H14F2N4. The van der Waals surface area contributed by atoms with E-state index in [4.69, 9.17) is 5.84 Å². The van der Waals surface area contributed by atoms with E-state index in [1.54, 1.807) is 6.33 Å². The molecule has 0 amide bonds. The van der Waals surface area contributed by atoms with Crippen molar-refractivity contribution < 1.29 is 8.78 Å². The molecule has 1 atom stereocenters. The van der Waals surface area contributed by atoms with Gasteiger partial charge in [-0.1, -0.05) is 12.1 Å². The van der Waals surface area contributed by atoms with Crippen LogP contribution in [0, 0.1) is 11.6 Å². The van der Waals surface area contributed by atoms with Gasteiger partial charge in [-0.15, -0.1) is 0 Å². The average molecular weight is 288 g/mol. The zero-order chi connectivity index (χ0) is 14.8. The molecule has 2 aromatic carbocycles. The van der Waals surface area contributed by atoms with E-state index in [1.165, 1.54) is 12.1 Å². The van der Waals surface area contributed by atoms with Crippen molar-refractivity contribution in [3.63, 3.8) is 0 Å². The predicted octanol–water partition coefficient (Wildman–Crippen LogP) is 2.52. The average Bonchev–Trinajstić information content (AvgIpc) is 2.87. The first-order chi connectivity index (χ1) is 10.2. The molecule has 0 saturated heterocycles. The molecule has 0 aliphatic heterocycles. The molecule has 0 fully saturated rings. The molecule has 0 bridgehead atoms. The van der Waals surface area contributed by atoms with Crippen molar-refractivity contribution >= 4 is 11.0 Å². The lowest BCUT2D eigenvalue weighted by Gasteiger charge is -2.17. The number of rotatable bonds is 4. The highest BCUT2D eigenvalue weighted by atomic mass is 19.1. The number of para-hydroxylation sites is 2. The van der Waals surface area contributed by atoms with E-state index in [0.717, 1.165) is 17.1 Å². The van der Waals surface area contributed by atoms with E-state index >= 15 is 0 Å². The molecule has 6 heteroatoms. The van der Waals surface area contributed by atoms with Crippen LogP contribution in [0.1, 0.15) is 11.6 Å². The minimum atomic E-state index is -0.624. The summed E-state index contributed by atoms with van der Waals surface area (Å²) < 4.78 is 28.5. The van der Waals surface area contributed by atoms with Crippen molar-refractivity contribution in [1.82, 2.24) is 15.0 Å². The highest BCUT2D eigenvalue weighted by Gasteiger charge is 2.14. The number of hydrazine groups is 1. The first kappa shape index (κ1) is 13.7. The van der Waals surface area contributed by atoms with Gasteiger partial charge in [0, 0.05) is 12.6 Å². The summed E-state index contributed by atoms with van der Waals surface area (Å²) in [5, 5.41) is 0. The van der Waals surface area contributed by atoms with E-state index in [0.29, 0.717) is 12.1 Å². The Kier molecular flexibility index (Phi) is 3.64. The second-order valence-corrected chi connectivity index (χ2v) is 4.81. The minimum absolute atomic E-state index is 0.417. The molecular weight excluding hydrogens is 274 g/mol. The van der Waals surface area contributed by atoms with Gasteiger partial charge < -0.3 is 4.57 Å². The maximum atomic E-state index is 13.3. The highest BCUT2D eigenvalue weighted by molar-refractivity contribution is 5.74. The normalized spacial score (nSPS) is 12.7. The largest absolute Gasteiger partial charge is 0.329 e. The lowest BCUT2D eigenvalue weighted by molar-refractivity contribution is 0.473. The Morgan fingerprint density at radius 3 is 2.57 bits per heavy atom. The molecule has 3 rings (SSSR count). The fourth-order valence-corrected chi connectivity index (χ4v) is 2.38. The second-order valence-electron chi connectivity index (χ2n) is 4.81. The molecule has 21 heavy (non-hydrogen) atoms. The van der Waals surface area contributed by atoms with Crippen molar-refractivity contribution in [1.29, 1.82) is 0 Å². The number of aromatic nitrogens is 2. The van der Waals surface area contributed by atoms with Crippen LogP contribution >= 0.6 is 0 Å². The summed E-state index contributed by atoms with van der Waals surface area (Å²) in [5.74, 6) is 4.29. The lowest BCUT2D eigenvalue weighted by Crippen LogP contribution is -2.31. The smallest absolute Gasteiger partial charge is 0.126 e. The predicted molar refractivity (Wildman–Crippen MR) is 76.2 cm³/mol. The number of hydrogen-bond donors (Lipinski definition) is 2. The molecule has 1 unspecified atom stereocenters. The van der Waals surface area contributed by atoms with Crippen molar-refractivity contribution in [2.45, 2.75) is 12.6 Å². The maximum absolute atomic E-state index is 13.3. The summed E-state index contributed by atoms with van der Waals surface area (Å²) >= 11 is 0. The molecule has 3 N–H and O–H groups in total. The van der Waals surface area contributed by atoms with E-state index in [-0.39, 0.29) is 0 Å². The molecule has 3 aromatic rings. The summed E-state index contributed by atoms with van der Waals surface area (Å²) in [6.45, 7) is 0.417. The van der Waals surface area contributed by atoms with Gasteiger partial charge in [0.25, 0.3) is 0 Å². The third-order valence-electron chi connectivity index (χ3n) is 3.40. The van der Waals surface area contributed by atoms with Crippen LogP contribution in [0.25, 0.3) is 11.0 Å². The van der Waals surface area contributed by atoms with Crippen molar-refractivity contribution in [2.24, 2.45) is 5.84 Å². The van der Waals surface area contributed by atoms with Gasteiger partial charge >= 0.3 is 0 Å². The Labute approximate surface area is 120 Å². The van der Waals surface area contributed by atoms with Crippen LogP contribution < -0.4 is 11.3 Å². The van der Waals surface area contributed by atoms with Crippen LogP contribution in [-0.2, 0) is 6.54 Å². The Morgan fingerprint density at radius 1 is 1.14 bits per heavy atom. The monoisotopic (exact) mass is 288 g/mol. The number of halogens is 2. The topological polar surface area (TPSA) is 55.9 Å². The molecule has 0 aliphatic carbocycles. The molecule has 0 radical (unpaired) electrons. The van der Waals surface area contributed by atoms with Gasteiger partial charge in [0.2, 0.25) is 0 Å². The van der Waals surface area contributed by atoms with Gasteiger partial charge in [0.1, 0.15) is 11.6 Å². The number of imidazole rings is 1. The van der Waals surface area contributed by atoms with Crippen LogP contribution in [0.15, 0.2) is 48.8 Å². The number of hydrogen-bond acceptors (Lipinski definition) is 3. The Balaban J connectivity index is 1.94. The number of nitrogens with zero attached hydrogens (tertiary/aromatic N) is 2. The standard InChI is InChI=1S/C15H14F2N4/c16-11-5-10(6-12(17)7-11)14(20-18)8-21-9-19-13-3-1-2-4-15(13)21/h1-7,9,14,20H,8,18H2. The molecule has 1 aromatic heterocycles. The van der Waals surface area contributed by atoms with Gasteiger partial charge in [-0.2, -0.15) is 0 Å². The second kappa shape index (κ2) is 5.59. The van der Waals surface area contributed by atoms with Crippen LogP contribution in [0.2, 0.25) is 0 Å².